The van der Waals surface area contributed by atoms with Gasteiger partial charge in [0.25, 0.3) is 0 Å². The van der Waals surface area contributed by atoms with Crippen LogP contribution in [0.25, 0.3) is 55.8 Å². The number of benzene rings is 3. The average molecular weight is 467 g/mol. The fraction of sp³-hybridized carbons (Fsp3) is 0.0909. The summed E-state index contributed by atoms with van der Waals surface area (Å²) >= 11 is 0. The van der Waals surface area contributed by atoms with Gasteiger partial charge in [0.1, 0.15) is 11.3 Å². The van der Waals surface area contributed by atoms with E-state index in [9.17, 15) is 0 Å². The molecule has 3 aromatic carbocycles. The molecule has 0 saturated carbocycles. The van der Waals surface area contributed by atoms with Crippen molar-refractivity contribution >= 4 is 11.0 Å². The van der Waals surface area contributed by atoms with Gasteiger partial charge in [0, 0.05) is 35.1 Å². The highest BCUT2D eigenvalue weighted by molar-refractivity contribution is 5.95. The van der Waals surface area contributed by atoms with E-state index >= 15 is 0 Å². The fourth-order valence-electron chi connectivity index (χ4n) is 4.88. The first-order valence-electron chi connectivity index (χ1n) is 12.1. The molecule has 0 bridgehead atoms. The molecule has 0 saturated heterocycles. The summed E-state index contributed by atoms with van der Waals surface area (Å²) in [5, 5.41) is 1.11. The second kappa shape index (κ2) is 8.94. The third-order valence-corrected chi connectivity index (χ3v) is 6.77. The molecule has 3 nitrogen and oxygen atoms in total. The molecule has 0 amide bonds. The third-order valence-electron chi connectivity index (χ3n) is 6.77. The number of rotatable bonds is 4. The molecule has 6 rings (SSSR count). The highest BCUT2D eigenvalue weighted by Gasteiger charge is 2.16. The minimum Gasteiger partial charge on any atom is -0.456 e. The predicted octanol–water partition coefficient (Wildman–Crippen LogP) is 8.82. The molecule has 3 heterocycles. The molecule has 0 aliphatic rings. The molecule has 0 aliphatic heterocycles. The van der Waals surface area contributed by atoms with E-state index < -0.39 is 0 Å². The van der Waals surface area contributed by atoms with Crippen molar-refractivity contribution < 1.29 is 4.42 Å². The van der Waals surface area contributed by atoms with Crippen LogP contribution in [-0.4, -0.2) is 9.97 Å². The molecular weight excluding hydrogens is 440 g/mol. The summed E-state index contributed by atoms with van der Waals surface area (Å²) < 4.78 is 6.21. The van der Waals surface area contributed by atoms with Crippen molar-refractivity contribution in [2.24, 2.45) is 0 Å². The van der Waals surface area contributed by atoms with Crippen molar-refractivity contribution in [3.63, 3.8) is 0 Å². The minimum absolute atomic E-state index is 0.829. The van der Waals surface area contributed by atoms with Crippen LogP contribution >= 0.6 is 0 Å². The van der Waals surface area contributed by atoms with Crippen molar-refractivity contribution in [3.05, 3.63) is 120 Å². The SMILES string of the molecule is Cc1cccc(-c2ccc(-c3cc(C)ccn3)cc2-c2ccc3oc(-c4cccnc4)cc3c2C)c1. The standard InChI is InChI=1S/C33H26N2O/c1-21-6-4-7-24(16-21)28-10-9-25(31-17-22(2)13-15-35-31)18-30(28)27-11-12-32-29(23(27)3)19-33(36-32)26-8-5-14-34-20-26/h4-20H,1-3H3. The van der Waals surface area contributed by atoms with Crippen molar-refractivity contribution in [1.29, 1.82) is 0 Å². The average Bonchev–Trinajstić information content (AvgIpc) is 3.35. The van der Waals surface area contributed by atoms with Gasteiger partial charge in [-0.3, -0.25) is 9.97 Å². The van der Waals surface area contributed by atoms with Crippen LogP contribution in [0.3, 0.4) is 0 Å². The second-order valence-corrected chi connectivity index (χ2v) is 9.35. The first-order valence-corrected chi connectivity index (χ1v) is 12.1. The van der Waals surface area contributed by atoms with Crippen LogP contribution in [0.15, 0.2) is 108 Å². The Morgan fingerprint density at radius 3 is 2.25 bits per heavy atom. The van der Waals surface area contributed by atoms with Crippen LogP contribution in [0.2, 0.25) is 0 Å². The van der Waals surface area contributed by atoms with E-state index in [-0.39, 0.29) is 0 Å². The summed E-state index contributed by atoms with van der Waals surface area (Å²) in [5.41, 5.74) is 12.3. The molecule has 174 valence electrons. The lowest BCUT2D eigenvalue weighted by Gasteiger charge is -2.15. The fourth-order valence-corrected chi connectivity index (χ4v) is 4.88. The lowest BCUT2D eigenvalue weighted by atomic mass is 9.88. The smallest absolute Gasteiger partial charge is 0.136 e. The van der Waals surface area contributed by atoms with E-state index in [0.717, 1.165) is 33.6 Å². The Morgan fingerprint density at radius 1 is 0.611 bits per heavy atom. The highest BCUT2D eigenvalue weighted by Crippen LogP contribution is 2.40. The summed E-state index contributed by atoms with van der Waals surface area (Å²) in [6.07, 6.45) is 5.49. The number of aryl methyl sites for hydroxylation is 3. The van der Waals surface area contributed by atoms with Gasteiger partial charge >= 0.3 is 0 Å². The largest absolute Gasteiger partial charge is 0.456 e. The van der Waals surface area contributed by atoms with Gasteiger partial charge in [-0.2, -0.15) is 0 Å². The van der Waals surface area contributed by atoms with Crippen LogP contribution in [0, 0.1) is 20.8 Å². The number of fused-ring (bicyclic) bond motifs is 1. The molecule has 36 heavy (non-hydrogen) atoms. The van der Waals surface area contributed by atoms with E-state index in [0.29, 0.717) is 0 Å². The van der Waals surface area contributed by atoms with E-state index in [2.05, 4.69) is 97.5 Å². The third kappa shape index (κ3) is 3.99. The number of hydrogen-bond acceptors (Lipinski definition) is 3. The van der Waals surface area contributed by atoms with Crippen LogP contribution in [0.5, 0.6) is 0 Å². The lowest BCUT2D eigenvalue weighted by molar-refractivity contribution is 0.631. The molecule has 0 aliphatic carbocycles. The molecule has 0 N–H and O–H groups in total. The number of hydrogen-bond donors (Lipinski definition) is 0. The summed E-state index contributed by atoms with van der Waals surface area (Å²) in [6.45, 7) is 6.42. The van der Waals surface area contributed by atoms with Crippen molar-refractivity contribution in [1.82, 2.24) is 9.97 Å². The Kier molecular flexibility index (Phi) is 5.46. The van der Waals surface area contributed by atoms with E-state index in [1.807, 2.05) is 30.6 Å². The van der Waals surface area contributed by atoms with E-state index in [4.69, 9.17) is 4.42 Å². The molecule has 3 aromatic heterocycles. The zero-order valence-electron chi connectivity index (χ0n) is 20.6. The van der Waals surface area contributed by atoms with Gasteiger partial charge in [-0.15, -0.1) is 0 Å². The number of pyridine rings is 2. The molecule has 0 atom stereocenters. The number of nitrogens with zero attached hydrogens (tertiary/aromatic N) is 2. The van der Waals surface area contributed by atoms with E-state index in [1.165, 1.54) is 38.9 Å². The zero-order valence-corrected chi connectivity index (χ0v) is 20.6. The molecule has 3 heteroatoms. The Labute approximate surface area is 211 Å². The maximum absolute atomic E-state index is 6.21. The topological polar surface area (TPSA) is 38.9 Å². The van der Waals surface area contributed by atoms with Gasteiger partial charge in [-0.05, 0) is 96.6 Å². The summed E-state index contributed by atoms with van der Waals surface area (Å²) in [5.74, 6) is 0.829. The van der Waals surface area contributed by atoms with Crippen LogP contribution in [-0.2, 0) is 0 Å². The first kappa shape index (κ1) is 22.0. The Bertz CT molecular complexity index is 1710. The molecule has 0 radical (unpaired) electrons. The number of aromatic nitrogens is 2. The van der Waals surface area contributed by atoms with Crippen LogP contribution < -0.4 is 0 Å². The lowest BCUT2D eigenvalue weighted by Crippen LogP contribution is -1.92. The summed E-state index contributed by atoms with van der Waals surface area (Å²) in [6, 6.07) is 29.9. The Balaban J connectivity index is 1.57. The van der Waals surface area contributed by atoms with Gasteiger partial charge in [-0.1, -0.05) is 48.0 Å². The molecule has 6 aromatic rings. The van der Waals surface area contributed by atoms with Crippen LogP contribution in [0.4, 0.5) is 0 Å². The Hall–Kier alpha value is -4.50. The van der Waals surface area contributed by atoms with Crippen molar-refractivity contribution in [2.45, 2.75) is 20.8 Å². The minimum atomic E-state index is 0.829. The Morgan fingerprint density at radius 2 is 1.44 bits per heavy atom. The van der Waals surface area contributed by atoms with Crippen molar-refractivity contribution in [3.8, 4) is 44.8 Å². The second-order valence-electron chi connectivity index (χ2n) is 9.35. The first-order chi connectivity index (χ1) is 17.6. The summed E-state index contributed by atoms with van der Waals surface area (Å²) in [4.78, 5) is 8.90. The van der Waals surface area contributed by atoms with Gasteiger partial charge in [-0.25, -0.2) is 0 Å². The molecular formula is C33H26N2O. The number of furan rings is 1. The monoisotopic (exact) mass is 466 g/mol. The highest BCUT2D eigenvalue weighted by atomic mass is 16.3. The molecule has 0 fully saturated rings. The van der Waals surface area contributed by atoms with Gasteiger partial charge in [0.2, 0.25) is 0 Å². The van der Waals surface area contributed by atoms with Gasteiger partial charge in [0.05, 0.1) is 5.69 Å². The van der Waals surface area contributed by atoms with Gasteiger partial charge < -0.3 is 4.42 Å². The zero-order chi connectivity index (χ0) is 24.6. The van der Waals surface area contributed by atoms with Crippen LogP contribution in [0.1, 0.15) is 16.7 Å². The predicted molar refractivity (Wildman–Crippen MR) is 148 cm³/mol. The van der Waals surface area contributed by atoms with Crippen molar-refractivity contribution in [2.75, 3.05) is 0 Å². The van der Waals surface area contributed by atoms with E-state index in [1.54, 1.807) is 6.20 Å². The summed E-state index contributed by atoms with van der Waals surface area (Å²) in [7, 11) is 0. The quantitative estimate of drug-likeness (QED) is 0.260. The maximum Gasteiger partial charge on any atom is 0.136 e. The normalized spacial score (nSPS) is 11.2. The molecule has 0 unspecified atom stereocenters. The van der Waals surface area contributed by atoms with Gasteiger partial charge in [0.15, 0.2) is 0 Å². The molecule has 0 spiro atoms. The maximum atomic E-state index is 6.21.